The molecule has 1 saturated heterocycles. The van der Waals surface area contributed by atoms with Crippen LogP contribution in [0.25, 0.3) is 32.4 Å². The normalized spacial score (nSPS) is 21.9. The first kappa shape index (κ1) is 26.4. The number of hydrogen-bond acceptors (Lipinski definition) is 2. The first-order valence-electron chi connectivity index (χ1n) is 14.5. The van der Waals surface area contributed by atoms with Crippen molar-refractivity contribution in [1.82, 2.24) is 4.98 Å². The van der Waals surface area contributed by atoms with E-state index in [-0.39, 0.29) is 6.10 Å². The summed E-state index contributed by atoms with van der Waals surface area (Å²) in [4.78, 5) is 4.65. The highest BCUT2D eigenvalue weighted by Crippen LogP contribution is 2.39. The highest BCUT2D eigenvalue weighted by atomic mass is 16.5. The summed E-state index contributed by atoms with van der Waals surface area (Å²) in [5.74, 6) is 1.09. The zero-order valence-electron chi connectivity index (χ0n) is 23.5. The number of hydrogen-bond donors (Lipinski definition) is 0. The molecule has 1 aromatic heterocycles. The molecule has 202 valence electrons. The fraction of sp³-hybridized carbons (Fsp3) is 0.270. The molecular weight excluding hydrogens is 488 g/mol. The molecular formula is C37H39N2O+. The SMILES string of the molecule is C=CCO[C@@H](C[N@@+]1(Cc2c3ccccc3cc3ccccc23)CC[C@@H](C)C(C=C)C1)c1ccnc2ccccc12. The Bertz CT molecular complexity index is 1610. The number of likely N-dealkylation sites (tertiary alicyclic amines) is 1. The Kier molecular flexibility index (Phi) is 7.51. The molecule has 0 N–H and O–H groups in total. The number of fused-ring (bicyclic) bond motifs is 3. The summed E-state index contributed by atoms with van der Waals surface area (Å²) in [6.45, 7) is 15.1. The topological polar surface area (TPSA) is 22.1 Å². The Hall–Kier alpha value is -3.79. The van der Waals surface area contributed by atoms with Gasteiger partial charge in [-0.2, -0.15) is 0 Å². The van der Waals surface area contributed by atoms with Gasteiger partial charge in [0.2, 0.25) is 0 Å². The number of pyridine rings is 1. The number of benzene rings is 4. The maximum atomic E-state index is 6.63. The van der Waals surface area contributed by atoms with E-state index in [9.17, 15) is 0 Å². The lowest BCUT2D eigenvalue weighted by Gasteiger charge is -2.48. The molecule has 5 aromatic rings. The molecule has 1 aliphatic rings. The van der Waals surface area contributed by atoms with Crippen LogP contribution in [0.2, 0.25) is 0 Å². The van der Waals surface area contributed by atoms with Crippen LogP contribution in [0.3, 0.4) is 0 Å². The molecule has 40 heavy (non-hydrogen) atoms. The molecule has 0 aliphatic carbocycles. The van der Waals surface area contributed by atoms with Crippen molar-refractivity contribution in [2.24, 2.45) is 11.8 Å². The van der Waals surface area contributed by atoms with E-state index in [2.05, 4.69) is 116 Å². The second-order valence-corrected chi connectivity index (χ2v) is 11.6. The van der Waals surface area contributed by atoms with Gasteiger partial charge >= 0.3 is 0 Å². The lowest BCUT2D eigenvalue weighted by Crippen LogP contribution is -2.57. The van der Waals surface area contributed by atoms with Crippen molar-refractivity contribution in [3.63, 3.8) is 0 Å². The maximum Gasteiger partial charge on any atom is 0.132 e. The fourth-order valence-electron chi connectivity index (χ4n) is 6.88. The zero-order chi connectivity index (χ0) is 27.5. The van der Waals surface area contributed by atoms with E-state index in [1.54, 1.807) is 0 Å². The van der Waals surface area contributed by atoms with Gasteiger partial charge in [0.05, 0.1) is 25.2 Å². The van der Waals surface area contributed by atoms with Crippen LogP contribution in [0.15, 0.2) is 116 Å². The van der Waals surface area contributed by atoms with E-state index in [0.29, 0.717) is 18.4 Å². The van der Waals surface area contributed by atoms with E-state index in [0.717, 1.165) is 36.2 Å². The number of para-hydroxylation sites is 1. The molecule has 1 fully saturated rings. The lowest BCUT2D eigenvalue weighted by molar-refractivity contribution is -0.951. The molecule has 3 nitrogen and oxygen atoms in total. The van der Waals surface area contributed by atoms with Gasteiger partial charge in [-0.1, -0.05) is 85.8 Å². The van der Waals surface area contributed by atoms with Gasteiger partial charge in [0.25, 0.3) is 0 Å². The second kappa shape index (κ2) is 11.4. The Morgan fingerprint density at radius 3 is 2.30 bits per heavy atom. The average Bonchev–Trinajstić information content (AvgIpc) is 3.00. The predicted molar refractivity (Wildman–Crippen MR) is 168 cm³/mol. The summed E-state index contributed by atoms with van der Waals surface area (Å²) in [7, 11) is 0. The summed E-state index contributed by atoms with van der Waals surface area (Å²) < 4.78 is 7.59. The largest absolute Gasteiger partial charge is 0.364 e. The lowest BCUT2D eigenvalue weighted by atomic mass is 9.84. The molecule has 6 rings (SSSR count). The molecule has 4 atom stereocenters. The predicted octanol–water partition coefficient (Wildman–Crippen LogP) is 8.64. The van der Waals surface area contributed by atoms with Crippen LogP contribution in [-0.4, -0.2) is 35.7 Å². The van der Waals surface area contributed by atoms with E-state index in [1.807, 2.05) is 12.3 Å². The molecule has 3 heteroatoms. The van der Waals surface area contributed by atoms with Crippen molar-refractivity contribution in [2.45, 2.75) is 26.0 Å². The molecule has 2 heterocycles. The quantitative estimate of drug-likeness (QED) is 0.109. The summed E-state index contributed by atoms with van der Waals surface area (Å²) in [5, 5.41) is 6.48. The third-order valence-corrected chi connectivity index (χ3v) is 9.06. The second-order valence-electron chi connectivity index (χ2n) is 11.6. The van der Waals surface area contributed by atoms with Crippen LogP contribution >= 0.6 is 0 Å². The Morgan fingerprint density at radius 1 is 0.925 bits per heavy atom. The fourth-order valence-corrected chi connectivity index (χ4v) is 6.88. The maximum absolute atomic E-state index is 6.63. The highest BCUT2D eigenvalue weighted by molar-refractivity contribution is 6.02. The molecule has 0 amide bonds. The standard InChI is InChI=1S/C37H39N2O/c1-4-22-40-37(34-18-20-38-36-17-11-10-16-33(34)36)26-39(21-19-27(3)28(5-2)24-39)25-35-31-14-8-6-12-29(31)23-30-13-7-9-15-32(30)35/h4-18,20,23,27-28,37H,1-2,19,21-22,24-26H2,3H3/q+1/t27-,28?,37+,39+/m1/s1. The van der Waals surface area contributed by atoms with Crippen molar-refractivity contribution in [3.8, 4) is 0 Å². The average molecular weight is 528 g/mol. The van der Waals surface area contributed by atoms with Gasteiger partial charge in [-0.3, -0.25) is 4.98 Å². The van der Waals surface area contributed by atoms with Gasteiger partial charge in [-0.25, -0.2) is 0 Å². The van der Waals surface area contributed by atoms with Gasteiger partial charge in [0, 0.05) is 23.1 Å². The highest BCUT2D eigenvalue weighted by Gasteiger charge is 2.41. The molecule has 0 radical (unpaired) electrons. The first-order chi connectivity index (χ1) is 19.6. The number of rotatable bonds is 9. The van der Waals surface area contributed by atoms with Crippen LogP contribution in [0.1, 0.15) is 30.6 Å². The molecule has 0 bridgehead atoms. The van der Waals surface area contributed by atoms with E-state index >= 15 is 0 Å². The molecule has 1 unspecified atom stereocenters. The number of quaternary nitrogens is 1. The van der Waals surface area contributed by atoms with Crippen molar-refractivity contribution in [1.29, 1.82) is 0 Å². The minimum atomic E-state index is -0.0778. The minimum Gasteiger partial charge on any atom is -0.364 e. The Balaban J connectivity index is 1.50. The number of ether oxygens (including phenoxy) is 1. The van der Waals surface area contributed by atoms with Crippen LogP contribution in [0, 0.1) is 11.8 Å². The summed E-state index contributed by atoms with van der Waals surface area (Å²) in [5.41, 5.74) is 3.66. The van der Waals surface area contributed by atoms with Crippen LogP contribution in [0.4, 0.5) is 0 Å². The minimum absolute atomic E-state index is 0.0778. The molecule has 0 saturated carbocycles. The van der Waals surface area contributed by atoms with Gasteiger partial charge in [0.1, 0.15) is 19.2 Å². The monoisotopic (exact) mass is 527 g/mol. The molecule has 0 spiro atoms. The summed E-state index contributed by atoms with van der Waals surface area (Å²) in [6.07, 6.45) is 7.08. The van der Waals surface area contributed by atoms with Crippen molar-refractivity contribution >= 4 is 32.4 Å². The summed E-state index contributed by atoms with van der Waals surface area (Å²) in [6, 6.07) is 30.6. The number of aromatic nitrogens is 1. The van der Waals surface area contributed by atoms with Gasteiger partial charge in [-0.05, 0) is 57.6 Å². The van der Waals surface area contributed by atoms with Crippen molar-refractivity contribution in [2.75, 3.05) is 26.2 Å². The number of piperidine rings is 1. The van der Waals surface area contributed by atoms with Gasteiger partial charge in [-0.15, -0.1) is 13.2 Å². The van der Waals surface area contributed by atoms with Crippen molar-refractivity contribution in [3.05, 3.63) is 128 Å². The Labute approximate surface area is 238 Å². The van der Waals surface area contributed by atoms with Gasteiger partial charge < -0.3 is 9.22 Å². The first-order valence-corrected chi connectivity index (χ1v) is 14.5. The molecule has 1 aliphatic heterocycles. The van der Waals surface area contributed by atoms with Crippen LogP contribution < -0.4 is 0 Å². The van der Waals surface area contributed by atoms with Gasteiger partial charge in [0.15, 0.2) is 0 Å². The van der Waals surface area contributed by atoms with Crippen LogP contribution in [-0.2, 0) is 11.3 Å². The number of nitrogens with zero attached hydrogens (tertiary/aromatic N) is 2. The van der Waals surface area contributed by atoms with E-state index < -0.39 is 0 Å². The molecule has 4 aromatic carbocycles. The van der Waals surface area contributed by atoms with Crippen molar-refractivity contribution < 1.29 is 9.22 Å². The van der Waals surface area contributed by atoms with Crippen LogP contribution in [0.5, 0.6) is 0 Å². The third-order valence-electron chi connectivity index (χ3n) is 9.06. The smallest absolute Gasteiger partial charge is 0.132 e. The Morgan fingerprint density at radius 2 is 1.60 bits per heavy atom. The summed E-state index contributed by atoms with van der Waals surface area (Å²) >= 11 is 0. The van der Waals surface area contributed by atoms with E-state index in [4.69, 9.17) is 4.74 Å². The third kappa shape index (κ3) is 5.08. The van der Waals surface area contributed by atoms with E-state index in [1.165, 1.54) is 44.5 Å². The zero-order valence-corrected chi connectivity index (χ0v) is 23.5.